The van der Waals surface area contributed by atoms with E-state index in [1.165, 1.54) is 26.0 Å². The Labute approximate surface area is 171 Å². The number of hydrogen-bond acceptors (Lipinski definition) is 6. The summed E-state index contributed by atoms with van der Waals surface area (Å²) in [4.78, 5) is 21.6. The van der Waals surface area contributed by atoms with Gasteiger partial charge in [-0.3, -0.25) is 4.84 Å². The highest BCUT2D eigenvalue weighted by molar-refractivity contribution is 8.13. The molecule has 0 radical (unpaired) electrons. The van der Waals surface area contributed by atoms with E-state index < -0.39 is 6.09 Å². The first-order valence-electron chi connectivity index (χ1n) is 7.85. The van der Waals surface area contributed by atoms with Crippen molar-refractivity contribution in [1.29, 1.82) is 0 Å². The molecule has 0 fully saturated rings. The van der Waals surface area contributed by atoms with Crippen molar-refractivity contribution in [2.75, 3.05) is 25.9 Å². The molecule has 142 valence electrons. The summed E-state index contributed by atoms with van der Waals surface area (Å²) in [5.41, 5.74) is 2.08. The molecule has 0 saturated heterocycles. The number of aliphatic imine (C=N–C) groups is 1. The number of para-hydroxylation sites is 1. The van der Waals surface area contributed by atoms with Gasteiger partial charge in [-0.25, -0.2) is 9.79 Å². The van der Waals surface area contributed by atoms with E-state index in [2.05, 4.69) is 4.99 Å². The molecule has 1 amide bonds. The minimum Gasteiger partial charge on any atom is -0.483 e. The van der Waals surface area contributed by atoms with Gasteiger partial charge in [-0.2, -0.15) is 5.06 Å². The fourth-order valence-electron chi connectivity index (χ4n) is 2.49. The van der Waals surface area contributed by atoms with Gasteiger partial charge < -0.3 is 9.47 Å². The van der Waals surface area contributed by atoms with Crippen LogP contribution >= 0.6 is 35.0 Å². The number of fused-ring (bicyclic) bond motifs is 1. The van der Waals surface area contributed by atoms with Crippen LogP contribution in [-0.2, 0) is 15.3 Å². The van der Waals surface area contributed by atoms with E-state index in [1.54, 1.807) is 18.2 Å². The number of methoxy groups -OCH3 is 1. The average molecular weight is 427 g/mol. The van der Waals surface area contributed by atoms with Gasteiger partial charge in [-0.05, 0) is 23.8 Å². The minimum atomic E-state index is -0.605. The van der Waals surface area contributed by atoms with E-state index in [1.807, 2.05) is 18.2 Å². The number of rotatable bonds is 4. The molecule has 2 aromatic rings. The Morgan fingerprint density at radius 2 is 2.07 bits per heavy atom. The lowest BCUT2D eigenvalue weighted by Gasteiger charge is -2.21. The number of nitrogens with zero attached hydrogens (tertiary/aromatic N) is 2. The summed E-state index contributed by atoms with van der Waals surface area (Å²) in [6.45, 7) is 0.312. The van der Waals surface area contributed by atoms with Gasteiger partial charge in [0.2, 0.25) is 0 Å². The van der Waals surface area contributed by atoms with Gasteiger partial charge in [0.15, 0.2) is 5.75 Å². The molecule has 1 heterocycles. The Hall–Kier alpha value is -1.93. The molecular formula is C18H16Cl2N2O4S. The molecular weight excluding hydrogens is 411 g/mol. The first-order chi connectivity index (χ1) is 13.0. The number of ether oxygens (including phenoxy) is 2. The lowest BCUT2D eigenvalue weighted by atomic mass is 10.2. The van der Waals surface area contributed by atoms with Crippen molar-refractivity contribution in [3.63, 3.8) is 0 Å². The molecule has 2 aromatic carbocycles. The van der Waals surface area contributed by atoms with Gasteiger partial charge in [0.25, 0.3) is 0 Å². The van der Waals surface area contributed by atoms with Crippen molar-refractivity contribution in [2.45, 2.75) is 5.75 Å². The summed E-state index contributed by atoms with van der Waals surface area (Å²) in [5.74, 6) is 1.08. The fourth-order valence-corrected chi connectivity index (χ4v) is 3.90. The summed E-state index contributed by atoms with van der Waals surface area (Å²) in [7, 11) is 2.71. The third kappa shape index (κ3) is 4.50. The molecule has 0 bridgehead atoms. The number of benzene rings is 2. The summed E-state index contributed by atoms with van der Waals surface area (Å²) in [6, 6.07) is 10.7. The molecule has 0 saturated carbocycles. The molecule has 1 aliphatic rings. The standard InChI is InChI=1S/C18H16Cl2N2O4S/c1-24-18(23)22(25-2)15-6-4-3-5-11(15)10-27-16-9-26-17-13(20)7-12(19)8-14(17)21-16/h3-8H,9-10H2,1-2H3. The summed E-state index contributed by atoms with van der Waals surface area (Å²) in [6.07, 6.45) is -0.605. The Bertz CT molecular complexity index is 892. The molecule has 0 atom stereocenters. The van der Waals surface area contributed by atoms with E-state index in [-0.39, 0.29) is 0 Å². The molecule has 0 aliphatic carbocycles. The number of amides is 1. The van der Waals surface area contributed by atoms with E-state index >= 15 is 0 Å². The predicted octanol–water partition coefficient (Wildman–Crippen LogP) is 5.48. The highest BCUT2D eigenvalue weighted by Gasteiger charge is 2.21. The second kappa shape index (κ2) is 8.84. The summed E-state index contributed by atoms with van der Waals surface area (Å²) < 4.78 is 10.5. The Morgan fingerprint density at radius 1 is 1.30 bits per heavy atom. The third-order valence-electron chi connectivity index (χ3n) is 3.70. The number of halogens is 2. The number of hydroxylamine groups is 1. The molecule has 0 unspecified atom stereocenters. The smallest absolute Gasteiger partial charge is 0.438 e. The Kier molecular flexibility index (Phi) is 6.49. The molecule has 9 heteroatoms. The van der Waals surface area contributed by atoms with E-state index in [0.29, 0.717) is 39.5 Å². The van der Waals surface area contributed by atoms with Crippen molar-refractivity contribution >= 4 is 57.5 Å². The largest absolute Gasteiger partial charge is 0.483 e. The van der Waals surface area contributed by atoms with Crippen LogP contribution in [0, 0.1) is 0 Å². The molecule has 0 spiro atoms. The van der Waals surface area contributed by atoms with Gasteiger partial charge in [0.1, 0.15) is 17.3 Å². The quantitative estimate of drug-likeness (QED) is 0.605. The van der Waals surface area contributed by atoms with Gasteiger partial charge in [-0.1, -0.05) is 41.4 Å². The van der Waals surface area contributed by atoms with Crippen molar-refractivity contribution in [3.8, 4) is 5.75 Å². The SMILES string of the molecule is COC(=O)N(OC)c1ccccc1CSC1=Nc2cc(Cl)cc(Cl)c2OC1. The highest BCUT2D eigenvalue weighted by atomic mass is 35.5. The molecule has 0 N–H and O–H groups in total. The molecule has 3 rings (SSSR count). The lowest BCUT2D eigenvalue weighted by molar-refractivity contribution is 0.115. The highest BCUT2D eigenvalue weighted by Crippen LogP contribution is 2.41. The number of anilines is 1. The van der Waals surface area contributed by atoms with Crippen LogP contribution in [0.2, 0.25) is 10.0 Å². The summed E-state index contributed by atoms with van der Waals surface area (Å²) >= 11 is 13.7. The van der Waals surface area contributed by atoms with Crippen molar-refractivity contribution in [1.82, 2.24) is 0 Å². The van der Waals surface area contributed by atoms with Crippen LogP contribution in [-0.4, -0.2) is 32.0 Å². The van der Waals surface area contributed by atoms with Crippen LogP contribution in [0.5, 0.6) is 5.75 Å². The van der Waals surface area contributed by atoms with E-state index in [9.17, 15) is 4.79 Å². The zero-order valence-electron chi connectivity index (χ0n) is 14.6. The zero-order chi connectivity index (χ0) is 19.4. The maximum Gasteiger partial charge on any atom is 0.438 e. The number of thioether (sulfide) groups is 1. The summed E-state index contributed by atoms with van der Waals surface area (Å²) in [5, 5.41) is 2.81. The number of hydrogen-bond donors (Lipinski definition) is 0. The van der Waals surface area contributed by atoms with Gasteiger partial charge in [0.05, 0.1) is 24.9 Å². The molecule has 0 aromatic heterocycles. The maximum atomic E-state index is 11.9. The van der Waals surface area contributed by atoms with Crippen LogP contribution in [0.4, 0.5) is 16.2 Å². The predicted molar refractivity (Wildman–Crippen MR) is 109 cm³/mol. The maximum absolute atomic E-state index is 11.9. The van der Waals surface area contributed by atoms with Gasteiger partial charge >= 0.3 is 6.09 Å². The Morgan fingerprint density at radius 3 is 2.81 bits per heavy atom. The van der Waals surface area contributed by atoms with Crippen molar-refractivity contribution in [3.05, 3.63) is 52.0 Å². The van der Waals surface area contributed by atoms with Gasteiger partial charge in [-0.15, -0.1) is 11.8 Å². The van der Waals surface area contributed by atoms with Crippen LogP contribution < -0.4 is 9.80 Å². The minimum absolute atomic E-state index is 0.312. The number of carbonyl (C=O) groups excluding carboxylic acids is 1. The Balaban J connectivity index is 1.80. The van der Waals surface area contributed by atoms with Crippen molar-refractivity contribution < 1.29 is 19.1 Å². The van der Waals surface area contributed by atoms with E-state index in [4.69, 9.17) is 37.5 Å². The number of carbonyl (C=O) groups is 1. The van der Waals surface area contributed by atoms with Crippen LogP contribution in [0.1, 0.15) is 5.56 Å². The topological polar surface area (TPSA) is 60.4 Å². The zero-order valence-corrected chi connectivity index (χ0v) is 16.9. The monoisotopic (exact) mass is 426 g/mol. The average Bonchev–Trinajstić information content (AvgIpc) is 2.67. The van der Waals surface area contributed by atoms with Crippen LogP contribution in [0.25, 0.3) is 0 Å². The van der Waals surface area contributed by atoms with Crippen LogP contribution in [0.3, 0.4) is 0 Å². The lowest BCUT2D eigenvalue weighted by Crippen LogP contribution is -2.30. The first kappa shape index (κ1) is 19.8. The molecule has 1 aliphatic heterocycles. The first-order valence-corrected chi connectivity index (χ1v) is 9.60. The van der Waals surface area contributed by atoms with E-state index in [0.717, 1.165) is 15.7 Å². The second-order valence-corrected chi connectivity index (χ2v) is 7.29. The van der Waals surface area contributed by atoms with Gasteiger partial charge in [0, 0.05) is 10.8 Å². The molecule has 27 heavy (non-hydrogen) atoms. The third-order valence-corrected chi connectivity index (χ3v) is 5.20. The second-order valence-electron chi connectivity index (χ2n) is 5.39. The van der Waals surface area contributed by atoms with Crippen LogP contribution in [0.15, 0.2) is 41.4 Å². The molecule has 6 nitrogen and oxygen atoms in total. The fraction of sp³-hybridized carbons (Fsp3) is 0.222. The van der Waals surface area contributed by atoms with Crippen molar-refractivity contribution in [2.24, 2.45) is 4.99 Å². The normalized spacial score (nSPS) is 12.7.